The number of hydrogen-bond donors (Lipinski definition) is 2. The molecule has 1 unspecified atom stereocenters. The Hall–Kier alpha value is -3.81. The van der Waals surface area contributed by atoms with Crippen molar-refractivity contribution in [3.05, 3.63) is 67.0 Å². The molecule has 1 saturated heterocycles. The molecule has 1 aromatic carbocycles. The van der Waals surface area contributed by atoms with Crippen molar-refractivity contribution in [3.63, 3.8) is 0 Å². The third kappa shape index (κ3) is 3.84. The Morgan fingerprint density at radius 2 is 2.17 bits per heavy atom. The van der Waals surface area contributed by atoms with Gasteiger partial charge in [-0.1, -0.05) is 24.8 Å². The average Bonchev–Trinajstić information content (AvgIpc) is 3.22. The van der Waals surface area contributed by atoms with Crippen LogP contribution >= 0.6 is 0 Å². The number of aromatic nitrogens is 2. The third-order valence-electron chi connectivity index (χ3n) is 5.01. The number of rotatable bonds is 5. The van der Waals surface area contributed by atoms with Crippen molar-refractivity contribution in [2.24, 2.45) is 10.7 Å². The molecule has 8 heteroatoms. The van der Waals surface area contributed by atoms with E-state index in [0.29, 0.717) is 23.7 Å². The van der Waals surface area contributed by atoms with Crippen LogP contribution in [0.5, 0.6) is 11.5 Å². The Morgan fingerprint density at radius 3 is 2.93 bits per heavy atom. The van der Waals surface area contributed by atoms with Crippen LogP contribution in [-0.2, 0) is 4.74 Å². The van der Waals surface area contributed by atoms with Gasteiger partial charge in [-0.15, -0.1) is 0 Å². The summed E-state index contributed by atoms with van der Waals surface area (Å²) in [7, 11) is 1.51. The Bertz CT molecular complexity index is 1100. The summed E-state index contributed by atoms with van der Waals surface area (Å²) in [6.45, 7) is 5.35. The summed E-state index contributed by atoms with van der Waals surface area (Å²) in [5.74, 6) is 1.55. The molecule has 0 spiro atoms. The fourth-order valence-corrected chi connectivity index (χ4v) is 3.50. The topological polar surface area (TPSA) is 106 Å². The van der Waals surface area contributed by atoms with Gasteiger partial charge in [-0.2, -0.15) is 0 Å². The number of nitrogens with zero attached hydrogens (tertiary/aromatic N) is 4. The predicted octanol–water partition coefficient (Wildman–Crippen LogP) is 2.82. The van der Waals surface area contributed by atoms with Gasteiger partial charge >= 0.3 is 0 Å². The van der Waals surface area contributed by atoms with E-state index in [1.165, 1.54) is 19.6 Å². The zero-order valence-electron chi connectivity index (χ0n) is 16.7. The van der Waals surface area contributed by atoms with Gasteiger partial charge in [0.1, 0.15) is 18.2 Å². The van der Waals surface area contributed by atoms with Gasteiger partial charge in [-0.3, -0.25) is 0 Å². The van der Waals surface area contributed by atoms with Crippen molar-refractivity contribution >= 4 is 22.4 Å². The number of benzene rings is 1. The third-order valence-corrected chi connectivity index (χ3v) is 5.01. The van der Waals surface area contributed by atoms with Crippen LogP contribution in [0.25, 0.3) is 10.9 Å². The minimum atomic E-state index is -0.0930. The van der Waals surface area contributed by atoms with Crippen LogP contribution in [0, 0.1) is 0 Å². The first-order valence-corrected chi connectivity index (χ1v) is 9.57. The summed E-state index contributed by atoms with van der Waals surface area (Å²) in [6, 6.07) is 3.33. The number of phenols is 1. The highest BCUT2D eigenvalue weighted by molar-refractivity contribution is 6.11. The molecule has 154 valence electrons. The van der Waals surface area contributed by atoms with E-state index < -0.39 is 0 Å². The predicted molar refractivity (Wildman–Crippen MR) is 117 cm³/mol. The molecular weight excluding hydrogens is 382 g/mol. The Morgan fingerprint density at radius 1 is 1.33 bits per heavy atom. The number of phenolic OH excluding ortho intramolecular Hbond substituents is 1. The van der Waals surface area contributed by atoms with E-state index in [4.69, 9.17) is 15.2 Å². The molecule has 1 atom stereocenters. The molecule has 0 amide bonds. The standard InChI is InChI=1S/C22H23N5O3/c1-14-5-3-4-6-17(14)26-21(11-23)30-15-7-8-27(12-15)22-16-9-20(29-2)19(28)10-18(16)24-13-25-22/h3-6,9-11,13,15,28H,1,7-8,12,23H2,2H3/b21-11+,26-17?. The first kappa shape index (κ1) is 19.5. The van der Waals surface area contributed by atoms with Gasteiger partial charge in [0, 0.05) is 24.4 Å². The summed E-state index contributed by atoms with van der Waals surface area (Å²) < 4.78 is 11.3. The van der Waals surface area contributed by atoms with Gasteiger partial charge in [0.25, 0.3) is 0 Å². The molecule has 1 aromatic heterocycles. The first-order valence-electron chi connectivity index (χ1n) is 9.57. The fourth-order valence-electron chi connectivity index (χ4n) is 3.50. The second kappa shape index (κ2) is 8.28. The van der Waals surface area contributed by atoms with Crippen LogP contribution in [-0.4, -0.2) is 47.1 Å². The number of fused-ring (bicyclic) bond motifs is 1. The van der Waals surface area contributed by atoms with Gasteiger partial charge in [-0.05, 0) is 17.7 Å². The summed E-state index contributed by atoms with van der Waals surface area (Å²) in [4.78, 5) is 15.3. The summed E-state index contributed by atoms with van der Waals surface area (Å²) in [6.07, 6.45) is 11.1. The Balaban J connectivity index is 1.52. The number of allylic oxidation sites excluding steroid dienone is 5. The highest BCUT2D eigenvalue weighted by atomic mass is 16.5. The molecule has 1 aliphatic heterocycles. The van der Waals surface area contributed by atoms with Crippen LogP contribution in [0.3, 0.4) is 0 Å². The molecule has 2 aliphatic rings. The van der Waals surface area contributed by atoms with Crippen molar-refractivity contribution < 1.29 is 14.6 Å². The second-order valence-electron chi connectivity index (χ2n) is 6.96. The second-order valence-corrected chi connectivity index (χ2v) is 6.96. The van der Waals surface area contributed by atoms with E-state index >= 15 is 0 Å². The molecular formula is C22H23N5O3. The highest BCUT2D eigenvalue weighted by Gasteiger charge is 2.27. The van der Waals surface area contributed by atoms with Gasteiger partial charge in [0.15, 0.2) is 11.5 Å². The van der Waals surface area contributed by atoms with Crippen molar-refractivity contribution in [3.8, 4) is 11.5 Å². The van der Waals surface area contributed by atoms with Gasteiger partial charge in [-0.25, -0.2) is 15.0 Å². The number of methoxy groups -OCH3 is 1. The zero-order chi connectivity index (χ0) is 21.1. The molecule has 3 N–H and O–H groups in total. The van der Waals surface area contributed by atoms with E-state index in [1.54, 1.807) is 12.1 Å². The average molecular weight is 405 g/mol. The highest BCUT2D eigenvalue weighted by Crippen LogP contribution is 2.35. The summed E-state index contributed by atoms with van der Waals surface area (Å²) >= 11 is 0. The van der Waals surface area contributed by atoms with E-state index in [2.05, 4.69) is 26.4 Å². The van der Waals surface area contributed by atoms with E-state index in [9.17, 15) is 5.11 Å². The summed E-state index contributed by atoms with van der Waals surface area (Å²) in [5.41, 5.74) is 7.91. The summed E-state index contributed by atoms with van der Waals surface area (Å²) in [5, 5.41) is 10.8. The number of anilines is 1. The van der Waals surface area contributed by atoms with Gasteiger partial charge in [0.2, 0.25) is 5.88 Å². The van der Waals surface area contributed by atoms with E-state index in [0.717, 1.165) is 35.5 Å². The van der Waals surface area contributed by atoms with Crippen molar-refractivity contribution in [1.82, 2.24) is 9.97 Å². The molecule has 2 heterocycles. The molecule has 1 aliphatic carbocycles. The van der Waals surface area contributed by atoms with Crippen molar-refractivity contribution in [1.29, 1.82) is 0 Å². The van der Waals surface area contributed by atoms with Gasteiger partial charge < -0.3 is 25.2 Å². The molecule has 8 nitrogen and oxygen atoms in total. The molecule has 0 radical (unpaired) electrons. The normalized spacial score (nSPS) is 20.4. The van der Waals surface area contributed by atoms with Crippen LogP contribution in [0.15, 0.2) is 72.0 Å². The SMILES string of the molecule is C=C1C=CC=CC1=N/C(=C\N)OC1CCN(c2ncnc3cc(O)c(OC)cc23)C1. The molecule has 2 aromatic rings. The molecule has 0 bridgehead atoms. The number of aliphatic imine (C=N–C) groups is 1. The smallest absolute Gasteiger partial charge is 0.230 e. The minimum absolute atomic E-state index is 0.0438. The lowest BCUT2D eigenvalue weighted by molar-refractivity contribution is 0.132. The van der Waals surface area contributed by atoms with Crippen molar-refractivity contribution in [2.45, 2.75) is 12.5 Å². The lowest BCUT2D eigenvalue weighted by Crippen LogP contribution is -2.24. The van der Waals surface area contributed by atoms with Crippen LogP contribution in [0.1, 0.15) is 6.42 Å². The number of hydrogen-bond acceptors (Lipinski definition) is 8. The molecule has 0 saturated carbocycles. The Labute approximate surface area is 174 Å². The maximum atomic E-state index is 10.0. The van der Waals surface area contributed by atoms with E-state index in [-0.39, 0.29) is 11.9 Å². The molecule has 1 fully saturated rings. The van der Waals surface area contributed by atoms with E-state index in [1.807, 2.05) is 24.3 Å². The Kier molecular flexibility index (Phi) is 5.38. The lowest BCUT2D eigenvalue weighted by atomic mass is 10.1. The monoisotopic (exact) mass is 405 g/mol. The fraction of sp³-hybridized carbons (Fsp3) is 0.227. The molecule has 30 heavy (non-hydrogen) atoms. The zero-order valence-corrected chi connectivity index (χ0v) is 16.7. The maximum absolute atomic E-state index is 10.0. The van der Waals surface area contributed by atoms with Crippen LogP contribution < -0.4 is 15.4 Å². The first-order chi connectivity index (χ1) is 14.6. The molecule has 4 rings (SSSR count). The van der Waals surface area contributed by atoms with Crippen LogP contribution in [0.2, 0.25) is 0 Å². The van der Waals surface area contributed by atoms with Crippen molar-refractivity contribution in [2.75, 3.05) is 25.1 Å². The van der Waals surface area contributed by atoms with Gasteiger partial charge in [0.05, 0.1) is 31.1 Å². The van der Waals surface area contributed by atoms with Crippen LogP contribution in [0.4, 0.5) is 5.82 Å². The minimum Gasteiger partial charge on any atom is -0.504 e. The lowest BCUT2D eigenvalue weighted by Gasteiger charge is -2.20. The number of aromatic hydroxyl groups is 1. The maximum Gasteiger partial charge on any atom is 0.230 e. The quantitative estimate of drug-likeness (QED) is 0.737. The number of ether oxygens (including phenoxy) is 2. The largest absolute Gasteiger partial charge is 0.504 e. The number of nitrogens with two attached hydrogens (primary N) is 1.